The number of benzene rings is 9. The Labute approximate surface area is 455 Å². The molecule has 4 heterocycles. The van der Waals surface area contributed by atoms with E-state index in [0.717, 1.165) is 34.1 Å². The summed E-state index contributed by atoms with van der Waals surface area (Å²) in [6.07, 6.45) is 0. The molecule has 0 spiro atoms. The highest BCUT2D eigenvalue weighted by atomic mass is 15.3. The Balaban J connectivity index is 1.17. The molecule has 2 aromatic heterocycles. The van der Waals surface area contributed by atoms with Crippen LogP contribution < -0.4 is 36.0 Å². The Kier molecular flexibility index (Phi) is 10.8. The lowest BCUT2D eigenvalue weighted by Crippen LogP contribution is -2.60. The van der Waals surface area contributed by atoms with Crippen molar-refractivity contribution in [2.75, 3.05) is 19.6 Å². The lowest BCUT2D eigenvalue weighted by Gasteiger charge is -2.48. The molecule has 9 aromatic carbocycles. The second-order valence-corrected chi connectivity index (χ2v) is 25.4. The molecule has 0 bridgehead atoms. The highest BCUT2D eigenvalue weighted by Gasteiger charge is 2.46. The minimum Gasteiger partial charge on any atom is -0.348 e. The van der Waals surface area contributed by atoms with Gasteiger partial charge in [0.1, 0.15) is 11.6 Å². The third kappa shape index (κ3) is 7.51. The number of fused-ring (bicyclic) bond motifs is 6. The van der Waals surface area contributed by atoms with Crippen molar-refractivity contribution in [1.29, 1.82) is 0 Å². The Hall–Kier alpha value is -8.16. The Bertz CT molecular complexity index is 3820. The lowest BCUT2D eigenvalue weighted by atomic mass is 9.34. The minimum atomic E-state index is -0.232. The van der Waals surface area contributed by atoms with Crippen molar-refractivity contribution >= 4 is 112 Å². The van der Waals surface area contributed by atoms with Crippen LogP contribution in [0, 0.1) is 0 Å². The van der Waals surface area contributed by atoms with Crippen LogP contribution in [0.15, 0.2) is 200 Å². The molecule has 7 heteroatoms. The van der Waals surface area contributed by atoms with Crippen LogP contribution in [0.3, 0.4) is 0 Å². The molecule has 6 nitrogen and oxygen atoms in total. The summed E-state index contributed by atoms with van der Waals surface area (Å²) in [7, 11) is 0. The van der Waals surface area contributed by atoms with E-state index in [1.807, 2.05) is 0 Å². The van der Waals surface area contributed by atoms with Crippen LogP contribution in [-0.2, 0) is 0 Å². The van der Waals surface area contributed by atoms with E-state index in [9.17, 15) is 0 Å². The molecule has 0 amide bonds. The monoisotopic (exact) mass is 1000 g/mol. The largest absolute Gasteiger partial charge is 0.348 e. The zero-order chi connectivity index (χ0) is 53.5. The van der Waals surface area contributed by atoms with Crippen LogP contribution in [0.1, 0.15) is 83.1 Å². The molecule has 0 saturated carbocycles. The van der Waals surface area contributed by atoms with Crippen LogP contribution >= 0.6 is 0 Å². The fourth-order valence-electron chi connectivity index (χ4n) is 14.2. The highest BCUT2D eigenvalue weighted by molar-refractivity contribution is 7.00. The maximum absolute atomic E-state index is 2.66. The fraction of sp³-hybridized carbons (Fsp3) is 0.229. The van der Waals surface area contributed by atoms with E-state index in [2.05, 4.69) is 312 Å². The second-order valence-electron chi connectivity index (χ2n) is 25.4. The molecule has 13 rings (SSSR count). The predicted octanol–water partition coefficient (Wildman–Crippen LogP) is 16.8. The van der Waals surface area contributed by atoms with E-state index in [-0.39, 0.29) is 28.9 Å². The van der Waals surface area contributed by atoms with Crippen LogP contribution in [0.5, 0.6) is 0 Å². The van der Waals surface area contributed by atoms with E-state index < -0.39 is 0 Å². The fourth-order valence-corrected chi connectivity index (χ4v) is 14.2. The number of hydrogen-bond donors (Lipinski definition) is 0. The number of nitrogens with zero attached hydrogens (tertiary/aromatic N) is 6. The van der Waals surface area contributed by atoms with Gasteiger partial charge in [-0.15, -0.1) is 0 Å². The van der Waals surface area contributed by atoms with Gasteiger partial charge in [0, 0.05) is 66.5 Å². The molecule has 0 atom stereocenters. The quantitative estimate of drug-likeness (QED) is 0.142. The van der Waals surface area contributed by atoms with Crippen molar-refractivity contribution in [3.63, 3.8) is 0 Å². The van der Waals surface area contributed by atoms with Crippen molar-refractivity contribution in [3.8, 4) is 11.4 Å². The predicted molar refractivity (Wildman–Crippen MR) is 333 cm³/mol. The summed E-state index contributed by atoms with van der Waals surface area (Å²) in [6, 6.07) is 74.9. The van der Waals surface area contributed by atoms with Crippen LogP contribution in [0.4, 0.5) is 45.8 Å². The number of aromatic nitrogens is 2. The summed E-state index contributed by atoms with van der Waals surface area (Å²) in [6.45, 7) is 28.3. The second kappa shape index (κ2) is 17.2. The third-order valence-corrected chi connectivity index (χ3v) is 16.0. The summed E-state index contributed by atoms with van der Waals surface area (Å²) in [5, 5.41) is 7.29. The molecule has 0 unspecified atom stereocenters. The van der Waals surface area contributed by atoms with E-state index in [0.29, 0.717) is 0 Å². The van der Waals surface area contributed by atoms with E-state index in [1.165, 1.54) is 82.7 Å². The van der Waals surface area contributed by atoms with Crippen LogP contribution in [-0.4, -0.2) is 38.0 Å². The molecule has 0 fully saturated rings. The summed E-state index contributed by atoms with van der Waals surface area (Å²) in [5.41, 5.74) is 14.8. The maximum Gasteiger partial charge on any atom is 0.252 e. The van der Waals surface area contributed by atoms with Crippen molar-refractivity contribution < 1.29 is 0 Å². The standard InChI is InChI=1S/C70H69BN6/c1-67(2,3)76(68(4,5)6)62-44-52-58(72(48-30-15-13-16-31-48)56-36-23-28-46-26-19-21-34-50(46)56)42-40-54-65(52)74(62)60-38-25-39-61-64(60)71(54)55-41-43-59(53-45-63(75(61)66(53)55)77(69(7,8)9)70(10,11)12)73(49-32-17-14-18-33-49)57-37-24-29-47-27-20-22-35-51(47)57/h13-45H,1-12H3. The molecule has 11 aromatic rings. The normalized spacial score (nSPS) is 13.2. The lowest BCUT2D eigenvalue weighted by molar-refractivity contribution is 0.375. The van der Waals surface area contributed by atoms with Crippen LogP contribution in [0.2, 0.25) is 0 Å². The first-order valence-corrected chi connectivity index (χ1v) is 27.6. The molecular formula is C70H69BN6. The molecule has 2 aliphatic heterocycles. The van der Waals surface area contributed by atoms with Gasteiger partial charge in [-0.2, -0.15) is 0 Å². The highest BCUT2D eigenvalue weighted by Crippen LogP contribution is 2.50. The topological polar surface area (TPSA) is 22.8 Å². The molecule has 0 saturated heterocycles. The first-order chi connectivity index (χ1) is 36.8. The Morgan fingerprint density at radius 2 is 0.662 bits per heavy atom. The van der Waals surface area contributed by atoms with Gasteiger partial charge in [-0.25, -0.2) is 0 Å². The average molecular weight is 1010 g/mol. The first-order valence-electron chi connectivity index (χ1n) is 27.6. The minimum absolute atomic E-state index is 0.0688. The maximum atomic E-state index is 2.66. The zero-order valence-corrected chi connectivity index (χ0v) is 46.8. The zero-order valence-electron chi connectivity index (χ0n) is 46.8. The number of para-hydroxylation sites is 2. The van der Waals surface area contributed by atoms with Crippen LogP contribution in [0.25, 0.3) is 54.7 Å². The van der Waals surface area contributed by atoms with Gasteiger partial charge in [-0.05, 0) is 183 Å². The molecule has 0 N–H and O–H groups in total. The average Bonchev–Trinajstić information content (AvgIpc) is 3.78. The molecule has 2 aliphatic rings. The van der Waals surface area contributed by atoms with Gasteiger partial charge in [-0.1, -0.05) is 127 Å². The summed E-state index contributed by atoms with van der Waals surface area (Å²) >= 11 is 0. The van der Waals surface area contributed by atoms with Crippen molar-refractivity contribution in [2.45, 2.75) is 105 Å². The van der Waals surface area contributed by atoms with Gasteiger partial charge >= 0.3 is 0 Å². The van der Waals surface area contributed by atoms with Gasteiger partial charge in [0.2, 0.25) is 0 Å². The SMILES string of the molecule is CC(C)(C)N(c1cc2c(N(c3ccccc3)c3cccc4ccccc34)ccc3c2n1-c1cccc2c1B3c1ccc(N(c3ccccc3)c3cccc4ccccc34)c3cc(N(C(C)(C)C)C(C)(C)C)n-2c13)C(C)(C)C. The van der Waals surface area contributed by atoms with Gasteiger partial charge in [0.05, 0.1) is 33.8 Å². The van der Waals surface area contributed by atoms with E-state index in [4.69, 9.17) is 0 Å². The molecule has 77 heavy (non-hydrogen) atoms. The number of anilines is 8. The van der Waals surface area contributed by atoms with Gasteiger partial charge in [0.25, 0.3) is 6.71 Å². The van der Waals surface area contributed by atoms with Gasteiger partial charge < -0.3 is 19.6 Å². The summed E-state index contributed by atoms with van der Waals surface area (Å²) in [4.78, 5) is 10.3. The van der Waals surface area contributed by atoms with E-state index in [1.54, 1.807) is 0 Å². The summed E-state index contributed by atoms with van der Waals surface area (Å²) < 4.78 is 5.30. The number of hydrogen-bond acceptors (Lipinski definition) is 4. The summed E-state index contributed by atoms with van der Waals surface area (Å²) in [5.74, 6) is 2.37. The van der Waals surface area contributed by atoms with Crippen molar-refractivity contribution in [2.24, 2.45) is 0 Å². The molecule has 382 valence electrons. The number of rotatable bonds is 8. The van der Waals surface area contributed by atoms with Gasteiger partial charge in [-0.3, -0.25) is 9.13 Å². The molecule has 0 aliphatic carbocycles. The molecular weight excluding hydrogens is 936 g/mol. The van der Waals surface area contributed by atoms with Gasteiger partial charge in [0.15, 0.2) is 0 Å². The van der Waals surface area contributed by atoms with Crippen molar-refractivity contribution in [1.82, 2.24) is 9.13 Å². The smallest absolute Gasteiger partial charge is 0.252 e. The van der Waals surface area contributed by atoms with Crippen molar-refractivity contribution in [3.05, 3.63) is 200 Å². The van der Waals surface area contributed by atoms with E-state index >= 15 is 0 Å². The Morgan fingerprint density at radius 3 is 1.05 bits per heavy atom. The Morgan fingerprint density at radius 1 is 0.325 bits per heavy atom. The first kappa shape index (κ1) is 48.5. The third-order valence-electron chi connectivity index (χ3n) is 16.0. The molecule has 0 radical (unpaired) electrons.